The number of nitrogens with zero attached hydrogens (tertiary/aromatic N) is 3. The van der Waals surface area contributed by atoms with Gasteiger partial charge >= 0.3 is 0 Å². The van der Waals surface area contributed by atoms with E-state index >= 15 is 0 Å². The Morgan fingerprint density at radius 1 is 1.46 bits per heavy atom. The van der Waals surface area contributed by atoms with Crippen LogP contribution in [0, 0.1) is 23.0 Å². The van der Waals surface area contributed by atoms with E-state index < -0.39 is 0 Å². The number of anilines is 1. The zero-order valence-electron chi connectivity index (χ0n) is 14.2. The van der Waals surface area contributed by atoms with E-state index in [1.54, 1.807) is 6.07 Å². The number of piperidine rings is 1. The summed E-state index contributed by atoms with van der Waals surface area (Å²) in [5.41, 5.74) is 2.39. The number of fused-ring (bicyclic) bond motifs is 1. The molecule has 2 aromatic rings. The van der Waals surface area contributed by atoms with Crippen LogP contribution in [0.2, 0.25) is 0 Å². The number of aromatic nitrogens is 1. The zero-order valence-corrected chi connectivity index (χ0v) is 14.2. The van der Waals surface area contributed by atoms with E-state index in [4.69, 9.17) is 4.74 Å². The van der Waals surface area contributed by atoms with Crippen LogP contribution in [0.15, 0.2) is 24.3 Å². The van der Waals surface area contributed by atoms with E-state index in [0.717, 1.165) is 49.5 Å². The molecule has 0 bridgehead atoms. The first kappa shape index (κ1) is 16.6. The summed E-state index contributed by atoms with van der Waals surface area (Å²) in [6, 6.07) is 7.22. The minimum atomic E-state index is -0.355. The molecule has 1 aliphatic rings. The fourth-order valence-corrected chi connectivity index (χ4v) is 3.45. The predicted molar refractivity (Wildman–Crippen MR) is 94.6 cm³/mol. The molecule has 2 heterocycles. The number of hydrogen-bond donors (Lipinski definition) is 0. The maximum Gasteiger partial charge on any atom is 0.295 e. The molecule has 1 aromatic carbocycles. The number of non-ortho nitro benzene ring substituents is 1. The van der Waals surface area contributed by atoms with E-state index in [2.05, 4.69) is 9.88 Å². The van der Waals surface area contributed by atoms with Crippen LogP contribution in [0.5, 0.6) is 0 Å². The number of nitro groups is 1. The van der Waals surface area contributed by atoms with Crippen LogP contribution in [0.1, 0.15) is 25.5 Å². The molecule has 0 radical (unpaired) electrons. The summed E-state index contributed by atoms with van der Waals surface area (Å²) < 4.78 is 5.59. The number of nitro benzene ring substituents is 1. The lowest BCUT2D eigenvalue weighted by Crippen LogP contribution is -2.37. The molecule has 0 aliphatic carbocycles. The van der Waals surface area contributed by atoms with Gasteiger partial charge in [0, 0.05) is 42.5 Å². The van der Waals surface area contributed by atoms with Crippen LogP contribution in [0.3, 0.4) is 0 Å². The van der Waals surface area contributed by atoms with Gasteiger partial charge in [0.15, 0.2) is 5.52 Å². The van der Waals surface area contributed by atoms with Crippen LogP contribution >= 0.6 is 0 Å². The number of rotatable bonds is 5. The molecule has 0 N–H and O–H groups in total. The average Bonchev–Trinajstić information content (AvgIpc) is 2.58. The van der Waals surface area contributed by atoms with Crippen LogP contribution in [0.4, 0.5) is 11.4 Å². The molecule has 1 aromatic heterocycles. The van der Waals surface area contributed by atoms with E-state index in [9.17, 15) is 10.1 Å². The largest absolute Gasteiger partial charge is 0.381 e. The molecule has 1 atom stereocenters. The molecule has 0 amide bonds. The molecule has 0 saturated carbocycles. The van der Waals surface area contributed by atoms with Crippen molar-refractivity contribution in [2.75, 3.05) is 31.2 Å². The summed E-state index contributed by atoms with van der Waals surface area (Å²) in [4.78, 5) is 17.7. The van der Waals surface area contributed by atoms with Crippen LogP contribution < -0.4 is 4.90 Å². The molecule has 6 nitrogen and oxygen atoms in total. The zero-order chi connectivity index (χ0) is 17.1. The standard InChI is InChI=1S/C18H23N3O3/c1-3-24-12-14-6-5-9-20(11-14)17-10-13(2)19-18-15(17)7-4-8-16(18)21(22)23/h4,7-8,10,14H,3,5-6,9,11-12H2,1-2H3. The minimum absolute atomic E-state index is 0.0697. The molecule has 6 heteroatoms. The van der Waals surface area contributed by atoms with Crippen molar-refractivity contribution in [2.24, 2.45) is 5.92 Å². The Hall–Kier alpha value is -2.21. The second-order valence-electron chi connectivity index (χ2n) is 6.33. The highest BCUT2D eigenvalue weighted by atomic mass is 16.6. The van der Waals surface area contributed by atoms with Gasteiger partial charge in [-0.3, -0.25) is 10.1 Å². The van der Waals surface area contributed by atoms with Crippen molar-refractivity contribution >= 4 is 22.3 Å². The van der Waals surface area contributed by atoms with Crippen LogP contribution in [-0.2, 0) is 4.74 Å². The first-order chi connectivity index (χ1) is 11.6. The second kappa shape index (κ2) is 7.13. The van der Waals surface area contributed by atoms with Crippen molar-refractivity contribution < 1.29 is 9.66 Å². The molecular weight excluding hydrogens is 306 g/mol. The number of ether oxygens (including phenoxy) is 1. The van der Waals surface area contributed by atoms with Crippen molar-refractivity contribution in [1.29, 1.82) is 0 Å². The third-order valence-electron chi connectivity index (χ3n) is 4.54. The van der Waals surface area contributed by atoms with Gasteiger partial charge in [0.25, 0.3) is 5.69 Å². The lowest BCUT2D eigenvalue weighted by molar-refractivity contribution is -0.383. The molecule has 3 rings (SSSR count). The second-order valence-corrected chi connectivity index (χ2v) is 6.33. The van der Waals surface area contributed by atoms with E-state index in [1.807, 2.05) is 26.0 Å². The fourth-order valence-electron chi connectivity index (χ4n) is 3.45. The lowest BCUT2D eigenvalue weighted by atomic mass is 9.97. The van der Waals surface area contributed by atoms with Crippen LogP contribution in [0.25, 0.3) is 10.9 Å². The van der Waals surface area contributed by atoms with Gasteiger partial charge in [-0.05, 0) is 38.7 Å². The van der Waals surface area contributed by atoms with Gasteiger partial charge in [-0.1, -0.05) is 12.1 Å². The van der Waals surface area contributed by atoms with Gasteiger partial charge in [0.05, 0.1) is 11.5 Å². The third-order valence-corrected chi connectivity index (χ3v) is 4.54. The Morgan fingerprint density at radius 2 is 2.29 bits per heavy atom. The highest BCUT2D eigenvalue weighted by Gasteiger charge is 2.24. The van der Waals surface area contributed by atoms with Gasteiger partial charge in [-0.15, -0.1) is 0 Å². The topological polar surface area (TPSA) is 68.5 Å². The van der Waals surface area contributed by atoms with Crippen molar-refractivity contribution in [1.82, 2.24) is 4.98 Å². The monoisotopic (exact) mass is 329 g/mol. The Kier molecular flexibility index (Phi) is 4.94. The molecule has 1 aliphatic heterocycles. The average molecular weight is 329 g/mol. The third kappa shape index (κ3) is 3.33. The Balaban J connectivity index is 1.99. The minimum Gasteiger partial charge on any atom is -0.381 e. The van der Waals surface area contributed by atoms with E-state index in [-0.39, 0.29) is 10.6 Å². The first-order valence-electron chi connectivity index (χ1n) is 8.47. The quantitative estimate of drug-likeness (QED) is 0.618. The van der Waals surface area contributed by atoms with Crippen LogP contribution in [-0.4, -0.2) is 36.2 Å². The summed E-state index contributed by atoms with van der Waals surface area (Å²) in [5.74, 6) is 0.501. The van der Waals surface area contributed by atoms with Gasteiger partial charge in [0.1, 0.15) is 0 Å². The summed E-state index contributed by atoms with van der Waals surface area (Å²) in [7, 11) is 0. The van der Waals surface area contributed by atoms with E-state index in [1.165, 1.54) is 12.5 Å². The maximum atomic E-state index is 11.3. The predicted octanol–water partition coefficient (Wildman–Crippen LogP) is 3.70. The van der Waals surface area contributed by atoms with Crippen molar-refractivity contribution in [3.8, 4) is 0 Å². The molecule has 128 valence electrons. The number of para-hydroxylation sites is 1. The SMILES string of the molecule is CCOCC1CCCN(c2cc(C)nc3c([N+](=O)[O-])cccc23)C1. The smallest absolute Gasteiger partial charge is 0.295 e. The summed E-state index contributed by atoms with van der Waals surface area (Å²) in [5, 5.41) is 12.2. The molecule has 24 heavy (non-hydrogen) atoms. The Bertz CT molecular complexity index is 748. The molecular formula is C18H23N3O3. The van der Waals surface area contributed by atoms with Gasteiger partial charge in [-0.25, -0.2) is 4.98 Å². The highest BCUT2D eigenvalue weighted by Crippen LogP contribution is 2.34. The van der Waals surface area contributed by atoms with Gasteiger partial charge in [0.2, 0.25) is 0 Å². The van der Waals surface area contributed by atoms with E-state index in [0.29, 0.717) is 11.4 Å². The number of benzene rings is 1. The fraction of sp³-hybridized carbons (Fsp3) is 0.500. The lowest BCUT2D eigenvalue weighted by Gasteiger charge is -2.35. The maximum absolute atomic E-state index is 11.3. The Labute approximate surface area is 141 Å². The Morgan fingerprint density at radius 3 is 3.04 bits per heavy atom. The first-order valence-corrected chi connectivity index (χ1v) is 8.47. The number of pyridine rings is 1. The number of aryl methyl sites for hydroxylation is 1. The molecule has 1 fully saturated rings. The number of hydrogen-bond acceptors (Lipinski definition) is 5. The van der Waals surface area contributed by atoms with Crippen molar-refractivity contribution in [3.05, 3.63) is 40.1 Å². The van der Waals surface area contributed by atoms with Crippen molar-refractivity contribution in [3.63, 3.8) is 0 Å². The summed E-state index contributed by atoms with van der Waals surface area (Å²) in [6.45, 7) is 7.29. The molecule has 1 unspecified atom stereocenters. The molecule has 0 spiro atoms. The normalized spacial score (nSPS) is 18.1. The van der Waals surface area contributed by atoms with Crippen molar-refractivity contribution in [2.45, 2.75) is 26.7 Å². The van der Waals surface area contributed by atoms with Gasteiger partial charge in [-0.2, -0.15) is 0 Å². The highest BCUT2D eigenvalue weighted by molar-refractivity contribution is 5.97. The summed E-state index contributed by atoms with van der Waals surface area (Å²) >= 11 is 0. The summed E-state index contributed by atoms with van der Waals surface area (Å²) in [6.07, 6.45) is 2.27. The molecule has 1 saturated heterocycles. The van der Waals surface area contributed by atoms with Gasteiger partial charge < -0.3 is 9.64 Å².